The Bertz CT molecular complexity index is 914. The summed E-state index contributed by atoms with van der Waals surface area (Å²) in [6.45, 7) is 6.22. The average molecular weight is 442 g/mol. The van der Waals surface area contributed by atoms with Crippen LogP contribution in [-0.4, -0.2) is 62.6 Å². The molecule has 5 rings (SSSR count). The minimum Gasteiger partial charge on any atom is -0.382 e. The molecule has 0 bridgehead atoms. The van der Waals surface area contributed by atoms with Crippen LogP contribution in [0.2, 0.25) is 0 Å². The van der Waals surface area contributed by atoms with E-state index in [-0.39, 0.29) is 6.10 Å². The number of aliphatic hydroxyl groups excluding tert-OH is 1. The predicted octanol–water partition coefficient (Wildman–Crippen LogP) is 0.0337. The Morgan fingerprint density at radius 2 is 2.00 bits per heavy atom. The maximum absolute atomic E-state index is 10.8. The zero-order valence-electron chi connectivity index (χ0n) is 20.3. The first-order valence-electron chi connectivity index (χ1n) is 13.4. The summed E-state index contributed by atoms with van der Waals surface area (Å²) < 4.78 is 2.65. The number of benzene rings is 1. The fourth-order valence-electron chi connectivity index (χ4n) is 6.83. The quantitative estimate of drug-likeness (QED) is 0.430. The van der Waals surface area contributed by atoms with Crippen molar-refractivity contribution in [1.29, 1.82) is 0 Å². The Morgan fingerprint density at radius 3 is 2.81 bits per heavy atom. The first-order chi connectivity index (χ1) is 15.6. The van der Waals surface area contributed by atoms with Crippen LogP contribution in [0, 0.1) is 0 Å². The first kappa shape index (κ1) is 22.4. The van der Waals surface area contributed by atoms with Gasteiger partial charge >= 0.3 is 0 Å². The molecule has 3 aliphatic rings. The SMILES string of the molecule is C[NH+](C)CC[NH2+]C[C@H](O)C[NH+]1CCn2c3c(c4cc(C5CCCCC5)ccc42)CCC[C@@H]31. The van der Waals surface area contributed by atoms with E-state index in [2.05, 4.69) is 42.2 Å². The van der Waals surface area contributed by atoms with Crippen LogP contribution in [-0.2, 0) is 13.0 Å². The predicted molar refractivity (Wildman–Crippen MR) is 129 cm³/mol. The highest BCUT2D eigenvalue weighted by Crippen LogP contribution is 2.40. The smallest absolute Gasteiger partial charge is 0.151 e. The summed E-state index contributed by atoms with van der Waals surface area (Å²) in [5, 5.41) is 14.6. The van der Waals surface area contributed by atoms with Crippen LogP contribution >= 0.6 is 0 Å². The van der Waals surface area contributed by atoms with Crippen molar-refractivity contribution in [1.82, 2.24) is 4.57 Å². The number of aromatic nitrogens is 1. The fourth-order valence-corrected chi connectivity index (χ4v) is 6.83. The van der Waals surface area contributed by atoms with Gasteiger partial charge < -0.3 is 24.8 Å². The maximum Gasteiger partial charge on any atom is 0.151 e. The lowest BCUT2D eigenvalue weighted by Gasteiger charge is -2.37. The number of nitrogens with two attached hydrogens (primary N) is 1. The van der Waals surface area contributed by atoms with Gasteiger partial charge in [-0.05, 0) is 54.9 Å². The normalized spacial score (nSPS) is 24.8. The standard InChI is InChI=1S/C27H42N4O/c1-29(2)14-13-28-18-22(32)19-30-15-16-31-25-12-11-21(20-7-4-3-5-8-20)17-24(25)23-9-6-10-26(30)27(23)31/h11-12,17,20,22,26,28,32H,3-10,13-16,18-19H2,1-2H3/p+3/t22-,26-/m0/s1. The zero-order valence-corrected chi connectivity index (χ0v) is 20.3. The molecule has 2 aliphatic carbocycles. The van der Waals surface area contributed by atoms with Crippen molar-refractivity contribution >= 4 is 10.9 Å². The van der Waals surface area contributed by atoms with Crippen molar-refractivity contribution in [3.8, 4) is 0 Å². The number of aliphatic hydroxyl groups is 1. The molecule has 1 aromatic heterocycles. The van der Waals surface area contributed by atoms with Gasteiger partial charge in [-0.15, -0.1) is 0 Å². The van der Waals surface area contributed by atoms with Gasteiger partial charge in [0.25, 0.3) is 0 Å². The Balaban J connectivity index is 1.34. The van der Waals surface area contributed by atoms with Crippen LogP contribution < -0.4 is 15.1 Å². The number of likely N-dealkylation sites (N-methyl/N-ethyl adjacent to an activating group) is 1. The number of quaternary nitrogens is 3. The van der Waals surface area contributed by atoms with E-state index in [1.807, 2.05) is 0 Å². The van der Waals surface area contributed by atoms with E-state index in [1.165, 1.54) is 61.8 Å². The summed E-state index contributed by atoms with van der Waals surface area (Å²) in [7, 11) is 4.39. The molecule has 2 heterocycles. The van der Waals surface area contributed by atoms with Crippen molar-refractivity contribution in [3.63, 3.8) is 0 Å². The third-order valence-corrected chi connectivity index (χ3v) is 8.50. The Kier molecular flexibility index (Phi) is 6.89. The maximum atomic E-state index is 10.8. The largest absolute Gasteiger partial charge is 0.382 e. The van der Waals surface area contributed by atoms with Crippen molar-refractivity contribution in [2.24, 2.45) is 0 Å². The number of aryl methyl sites for hydroxylation is 1. The molecule has 5 heteroatoms. The lowest BCUT2D eigenvalue weighted by atomic mass is 9.83. The van der Waals surface area contributed by atoms with E-state index in [0.717, 1.165) is 45.2 Å². The van der Waals surface area contributed by atoms with Crippen LogP contribution in [0.25, 0.3) is 10.9 Å². The fraction of sp³-hybridized carbons (Fsp3) is 0.704. The molecule has 0 radical (unpaired) electrons. The second kappa shape index (κ2) is 9.84. The van der Waals surface area contributed by atoms with Gasteiger partial charge in [-0.3, -0.25) is 0 Å². The molecule has 1 aliphatic heterocycles. The van der Waals surface area contributed by atoms with Crippen LogP contribution in [0.1, 0.15) is 73.7 Å². The van der Waals surface area contributed by atoms with Gasteiger partial charge in [-0.2, -0.15) is 0 Å². The summed E-state index contributed by atoms with van der Waals surface area (Å²) >= 11 is 0. The van der Waals surface area contributed by atoms with Crippen LogP contribution in [0.15, 0.2) is 18.2 Å². The molecule has 1 aromatic carbocycles. The van der Waals surface area contributed by atoms with E-state index in [4.69, 9.17) is 0 Å². The van der Waals surface area contributed by atoms with Crippen molar-refractivity contribution in [2.75, 3.05) is 46.8 Å². The van der Waals surface area contributed by atoms with Crippen LogP contribution in [0.3, 0.4) is 0 Å². The molecule has 176 valence electrons. The molecule has 0 spiro atoms. The third kappa shape index (κ3) is 4.50. The van der Waals surface area contributed by atoms with Crippen LogP contribution in [0.4, 0.5) is 0 Å². The number of hydrogen-bond donors (Lipinski definition) is 4. The molecule has 0 saturated heterocycles. The van der Waals surface area contributed by atoms with Gasteiger partial charge in [0.1, 0.15) is 32.2 Å². The number of fused-ring (bicyclic) bond motifs is 3. The van der Waals surface area contributed by atoms with Gasteiger partial charge in [-0.25, -0.2) is 0 Å². The highest BCUT2D eigenvalue weighted by Gasteiger charge is 2.38. The second-order valence-electron chi connectivity index (χ2n) is 11.1. The Labute approximate surface area is 193 Å². The monoisotopic (exact) mass is 441 g/mol. The summed E-state index contributed by atoms with van der Waals surface area (Å²) in [6, 6.07) is 8.02. The Hall–Kier alpha value is -1.40. The molecule has 3 atom stereocenters. The second-order valence-corrected chi connectivity index (χ2v) is 11.1. The van der Waals surface area contributed by atoms with E-state index < -0.39 is 0 Å². The molecule has 1 fully saturated rings. The minimum atomic E-state index is -0.207. The molecule has 32 heavy (non-hydrogen) atoms. The number of hydrogen-bond acceptors (Lipinski definition) is 1. The van der Waals surface area contributed by atoms with E-state index >= 15 is 0 Å². The zero-order chi connectivity index (χ0) is 22.1. The molecule has 0 amide bonds. The summed E-state index contributed by atoms with van der Waals surface area (Å²) in [4.78, 5) is 3.10. The third-order valence-electron chi connectivity index (χ3n) is 8.50. The topological polar surface area (TPSA) is 50.6 Å². The molecule has 1 saturated carbocycles. The summed E-state index contributed by atoms with van der Waals surface area (Å²) in [5.74, 6) is 0.777. The van der Waals surface area contributed by atoms with Crippen LogP contribution in [0.5, 0.6) is 0 Å². The van der Waals surface area contributed by atoms with Gasteiger partial charge in [0.15, 0.2) is 6.10 Å². The lowest BCUT2D eigenvalue weighted by Crippen LogP contribution is -3.15. The lowest BCUT2D eigenvalue weighted by molar-refractivity contribution is -0.941. The number of rotatable bonds is 8. The summed E-state index contributed by atoms with van der Waals surface area (Å²) in [6.07, 6.45) is 10.6. The van der Waals surface area contributed by atoms with Crippen molar-refractivity contribution in [3.05, 3.63) is 35.0 Å². The molecule has 1 unspecified atom stereocenters. The molecule has 5 nitrogen and oxygen atoms in total. The van der Waals surface area contributed by atoms with Gasteiger partial charge in [-0.1, -0.05) is 25.3 Å². The highest BCUT2D eigenvalue weighted by molar-refractivity contribution is 5.87. The average Bonchev–Trinajstić information content (AvgIpc) is 3.13. The molecular weight excluding hydrogens is 396 g/mol. The highest BCUT2D eigenvalue weighted by atomic mass is 16.3. The summed E-state index contributed by atoms with van der Waals surface area (Å²) in [5.41, 5.74) is 6.32. The molecular formula is C27H45N4O+3. The van der Waals surface area contributed by atoms with Gasteiger partial charge in [0.2, 0.25) is 0 Å². The minimum absolute atomic E-state index is 0.207. The number of nitrogens with one attached hydrogen (secondary N) is 2. The van der Waals surface area contributed by atoms with E-state index in [0.29, 0.717) is 6.04 Å². The molecule has 5 N–H and O–H groups in total. The Morgan fingerprint density at radius 1 is 1.16 bits per heavy atom. The van der Waals surface area contributed by atoms with Gasteiger partial charge in [0, 0.05) is 17.3 Å². The van der Waals surface area contributed by atoms with Crippen molar-refractivity contribution < 1.29 is 20.2 Å². The van der Waals surface area contributed by atoms with Gasteiger partial charge in [0.05, 0.1) is 32.9 Å². The first-order valence-corrected chi connectivity index (χ1v) is 13.4. The molecule has 2 aromatic rings. The number of nitrogens with zero attached hydrogens (tertiary/aromatic N) is 1. The van der Waals surface area contributed by atoms with Crippen molar-refractivity contribution in [2.45, 2.75) is 76.0 Å². The van der Waals surface area contributed by atoms with E-state index in [1.54, 1.807) is 27.1 Å². The van der Waals surface area contributed by atoms with E-state index in [9.17, 15) is 5.11 Å².